The fourth-order valence-corrected chi connectivity index (χ4v) is 1.92. The number of halogens is 3. The van der Waals surface area contributed by atoms with Crippen LogP contribution in [0.5, 0.6) is 0 Å². The molecule has 2 aromatic rings. The molecule has 0 aliphatic rings. The van der Waals surface area contributed by atoms with Crippen molar-refractivity contribution < 1.29 is 23.3 Å². The summed E-state index contributed by atoms with van der Waals surface area (Å²) in [7, 11) is 0. The number of amides is 2. The van der Waals surface area contributed by atoms with E-state index in [2.05, 4.69) is 0 Å². The molecule has 0 heterocycles. The number of hydrogen-bond acceptors (Lipinski definition) is 4. The maximum absolute atomic E-state index is 13.1. The maximum atomic E-state index is 13.1. The van der Waals surface area contributed by atoms with E-state index in [0.717, 1.165) is 12.1 Å². The summed E-state index contributed by atoms with van der Waals surface area (Å²) in [5.74, 6) is -4.22. The highest BCUT2D eigenvalue weighted by atomic mass is 35.5. The standard InChI is InChI=1S/C14H8ClF2N3O4/c15-10-6-12(17)11(16)5-9(10)14(22)19-18-13(21)7-1-3-8(4-2-7)20(23)24/h1-6H,(H,18,21)(H,19,22). The van der Waals surface area contributed by atoms with Crippen molar-refractivity contribution in [3.05, 3.63) is 74.3 Å². The molecule has 2 rings (SSSR count). The summed E-state index contributed by atoms with van der Waals surface area (Å²) in [5, 5.41) is 10.2. The first-order valence-electron chi connectivity index (χ1n) is 6.29. The number of hydrazine groups is 1. The molecule has 10 heteroatoms. The molecule has 7 nitrogen and oxygen atoms in total. The van der Waals surface area contributed by atoms with Crippen molar-refractivity contribution in [2.45, 2.75) is 0 Å². The third-order valence-corrected chi connectivity index (χ3v) is 3.20. The van der Waals surface area contributed by atoms with Gasteiger partial charge in [0.15, 0.2) is 11.6 Å². The zero-order chi connectivity index (χ0) is 17.9. The minimum Gasteiger partial charge on any atom is -0.267 e. The highest BCUT2D eigenvalue weighted by Gasteiger charge is 2.16. The van der Waals surface area contributed by atoms with Crippen molar-refractivity contribution in [3.8, 4) is 0 Å². The molecular formula is C14H8ClF2N3O4. The molecule has 0 spiro atoms. The minimum atomic E-state index is -1.27. The van der Waals surface area contributed by atoms with Crippen molar-refractivity contribution in [1.82, 2.24) is 10.9 Å². The van der Waals surface area contributed by atoms with Crippen LogP contribution in [0.2, 0.25) is 5.02 Å². The molecule has 0 radical (unpaired) electrons. The summed E-state index contributed by atoms with van der Waals surface area (Å²) in [6.07, 6.45) is 0. The van der Waals surface area contributed by atoms with E-state index in [1.54, 1.807) is 0 Å². The average Bonchev–Trinajstić information content (AvgIpc) is 2.55. The highest BCUT2D eigenvalue weighted by Crippen LogP contribution is 2.19. The van der Waals surface area contributed by atoms with E-state index in [-0.39, 0.29) is 21.8 Å². The zero-order valence-electron chi connectivity index (χ0n) is 11.7. The van der Waals surface area contributed by atoms with Crippen molar-refractivity contribution in [2.24, 2.45) is 0 Å². The maximum Gasteiger partial charge on any atom is 0.271 e. The van der Waals surface area contributed by atoms with E-state index >= 15 is 0 Å². The van der Waals surface area contributed by atoms with Crippen LogP contribution in [-0.2, 0) is 0 Å². The summed E-state index contributed by atoms with van der Waals surface area (Å²) < 4.78 is 26.1. The van der Waals surface area contributed by atoms with Crippen molar-refractivity contribution in [1.29, 1.82) is 0 Å². The van der Waals surface area contributed by atoms with E-state index in [9.17, 15) is 28.5 Å². The molecule has 0 saturated carbocycles. The van der Waals surface area contributed by atoms with Gasteiger partial charge in [-0.25, -0.2) is 8.78 Å². The number of benzene rings is 2. The molecular weight excluding hydrogens is 348 g/mol. The van der Waals surface area contributed by atoms with Crippen molar-refractivity contribution in [2.75, 3.05) is 0 Å². The van der Waals surface area contributed by atoms with E-state index in [1.807, 2.05) is 10.9 Å². The Labute approximate surface area is 138 Å². The lowest BCUT2D eigenvalue weighted by molar-refractivity contribution is -0.384. The van der Waals surface area contributed by atoms with Crippen molar-refractivity contribution >= 4 is 29.1 Å². The number of hydrogen-bond donors (Lipinski definition) is 2. The third kappa shape index (κ3) is 3.82. The second-order valence-electron chi connectivity index (χ2n) is 4.46. The summed E-state index contributed by atoms with van der Waals surface area (Å²) in [6.45, 7) is 0. The monoisotopic (exact) mass is 355 g/mol. The van der Waals surface area contributed by atoms with E-state index in [0.29, 0.717) is 12.1 Å². The molecule has 0 atom stereocenters. The fourth-order valence-electron chi connectivity index (χ4n) is 1.68. The molecule has 0 unspecified atom stereocenters. The topological polar surface area (TPSA) is 101 Å². The Morgan fingerprint density at radius 1 is 1.00 bits per heavy atom. The summed E-state index contributed by atoms with van der Waals surface area (Å²) in [5.41, 5.74) is 3.46. The number of nitro benzene ring substituents is 1. The van der Waals surface area contributed by atoms with E-state index in [4.69, 9.17) is 11.6 Å². The molecule has 2 amide bonds. The predicted molar refractivity (Wildman–Crippen MR) is 79.4 cm³/mol. The van der Waals surface area contributed by atoms with Crippen LogP contribution in [0.25, 0.3) is 0 Å². The first-order chi connectivity index (χ1) is 11.3. The lowest BCUT2D eigenvalue weighted by Gasteiger charge is -2.09. The van der Waals surface area contributed by atoms with Gasteiger partial charge in [0, 0.05) is 17.7 Å². The van der Waals surface area contributed by atoms with Gasteiger partial charge in [-0.05, 0) is 24.3 Å². The Kier molecular flexibility index (Phi) is 5.05. The Morgan fingerprint density at radius 2 is 1.54 bits per heavy atom. The summed E-state index contributed by atoms with van der Waals surface area (Å²) >= 11 is 5.63. The Bertz CT molecular complexity index is 828. The normalized spacial score (nSPS) is 10.1. The average molecular weight is 356 g/mol. The number of carbonyl (C=O) groups is 2. The first kappa shape index (κ1) is 17.3. The SMILES string of the molecule is O=C(NNC(=O)c1cc(F)c(F)cc1Cl)c1ccc([N+](=O)[O-])cc1. The number of non-ortho nitro benzene ring substituents is 1. The fraction of sp³-hybridized carbons (Fsp3) is 0. The molecule has 0 saturated heterocycles. The van der Waals surface area contributed by atoms with Gasteiger partial charge >= 0.3 is 0 Å². The van der Waals surface area contributed by atoms with Gasteiger partial charge in [0.05, 0.1) is 15.5 Å². The van der Waals surface area contributed by atoms with E-state index in [1.165, 1.54) is 12.1 Å². The number of carbonyl (C=O) groups excluding carboxylic acids is 2. The van der Waals surface area contributed by atoms with Gasteiger partial charge in [0.2, 0.25) is 0 Å². The van der Waals surface area contributed by atoms with Crippen LogP contribution in [0.4, 0.5) is 14.5 Å². The zero-order valence-corrected chi connectivity index (χ0v) is 12.4. The largest absolute Gasteiger partial charge is 0.271 e. The first-order valence-corrected chi connectivity index (χ1v) is 6.67. The number of nitro groups is 1. The molecule has 2 N–H and O–H groups in total. The smallest absolute Gasteiger partial charge is 0.267 e. The van der Waals surface area contributed by atoms with Crippen LogP contribution in [-0.4, -0.2) is 16.7 Å². The van der Waals surface area contributed by atoms with E-state index < -0.39 is 28.4 Å². The lowest BCUT2D eigenvalue weighted by Crippen LogP contribution is -2.41. The molecule has 0 aliphatic carbocycles. The van der Waals surface area contributed by atoms with Gasteiger partial charge in [-0.2, -0.15) is 0 Å². The lowest BCUT2D eigenvalue weighted by atomic mass is 10.2. The van der Waals surface area contributed by atoms with Crippen LogP contribution in [0, 0.1) is 21.7 Å². The number of nitrogens with zero attached hydrogens (tertiary/aromatic N) is 1. The molecule has 0 aromatic heterocycles. The van der Waals surface area contributed by atoms with Crippen molar-refractivity contribution in [3.63, 3.8) is 0 Å². The molecule has 2 aromatic carbocycles. The molecule has 124 valence electrons. The Morgan fingerprint density at radius 3 is 2.12 bits per heavy atom. The van der Waals surface area contributed by atoms with Crippen LogP contribution in [0.3, 0.4) is 0 Å². The van der Waals surface area contributed by atoms with Gasteiger partial charge in [-0.3, -0.25) is 30.6 Å². The van der Waals surface area contributed by atoms with Crippen LogP contribution in [0.1, 0.15) is 20.7 Å². The van der Waals surface area contributed by atoms with Crippen LogP contribution in [0.15, 0.2) is 36.4 Å². The third-order valence-electron chi connectivity index (χ3n) is 2.88. The summed E-state index contributed by atoms with van der Waals surface area (Å²) in [6, 6.07) is 5.81. The summed E-state index contributed by atoms with van der Waals surface area (Å²) in [4.78, 5) is 33.5. The number of nitrogens with one attached hydrogen (secondary N) is 2. The molecule has 0 bridgehead atoms. The Hall–Kier alpha value is -3.07. The minimum absolute atomic E-state index is 0.0392. The van der Waals surface area contributed by atoms with Gasteiger partial charge < -0.3 is 0 Å². The molecule has 24 heavy (non-hydrogen) atoms. The Balaban J connectivity index is 2.04. The predicted octanol–water partition coefficient (Wildman–Crippen LogP) is 2.60. The van der Waals surface area contributed by atoms with Gasteiger partial charge in [-0.1, -0.05) is 11.6 Å². The van der Waals surface area contributed by atoms with Gasteiger partial charge in [-0.15, -0.1) is 0 Å². The van der Waals surface area contributed by atoms with Gasteiger partial charge in [0.1, 0.15) is 0 Å². The second kappa shape index (κ2) is 7.01. The number of rotatable bonds is 3. The molecule has 0 aliphatic heterocycles. The van der Waals surface area contributed by atoms with Crippen LogP contribution < -0.4 is 10.9 Å². The van der Waals surface area contributed by atoms with Gasteiger partial charge in [0.25, 0.3) is 17.5 Å². The van der Waals surface area contributed by atoms with Crippen LogP contribution >= 0.6 is 11.6 Å². The highest BCUT2D eigenvalue weighted by molar-refractivity contribution is 6.33. The quantitative estimate of drug-likeness (QED) is 0.502. The second-order valence-corrected chi connectivity index (χ2v) is 4.87. The molecule has 0 fully saturated rings.